The van der Waals surface area contributed by atoms with Crippen molar-refractivity contribution < 1.29 is 4.79 Å². The summed E-state index contributed by atoms with van der Waals surface area (Å²) in [4.78, 5) is 13.7. The van der Waals surface area contributed by atoms with Gasteiger partial charge in [0.2, 0.25) is 5.91 Å². The van der Waals surface area contributed by atoms with Gasteiger partial charge in [0.25, 0.3) is 0 Å². The van der Waals surface area contributed by atoms with Gasteiger partial charge in [-0.05, 0) is 25.8 Å². The molecule has 0 aromatic heterocycles. The van der Waals surface area contributed by atoms with E-state index >= 15 is 0 Å². The third kappa shape index (κ3) is 3.78. The minimum Gasteiger partial charge on any atom is -0.274 e. The predicted molar refractivity (Wildman–Crippen MR) is 74.6 cm³/mol. The molecule has 0 bridgehead atoms. The Balaban J connectivity index is 2.87. The molecule has 0 saturated carbocycles. The monoisotopic (exact) mass is 241 g/mol. The van der Waals surface area contributed by atoms with Crippen LogP contribution in [0.1, 0.15) is 38.3 Å². The van der Waals surface area contributed by atoms with Gasteiger partial charge in [0.05, 0.1) is 6.04 Å². The second-order valence-electron chi connectivity index (χ2n) is 4.04. The van der Waals surface area contributed by atoms with Crippen molar-refractivity contribution in [2.45, 2.75) is 32.7 Å². The molecule has 1 amide bonds. The van der Waals surface area contributed by atoms with Crippen molar-refractivity contribution in [3.8, 4) is 12.0 Å². The van der Waals surface area contributed by atoms with E-state index in [1.807, 2.05) is 37.3 Å². The minimum absolute atomic E-state index is 0.0315. The average molecular weight is 241 g/mol. The highest BCUT2D eigenvalue weighted by atomic mass is 16.2. The van der Waals surface area contributed by atoms with Crippen LogP contribution in [0.3, 0.4) is 0 Å². The van der Waals surface area contributed by atoms with Crippen LogP contribution in [0.2, 0.25) is 0 Å². The van der Waals surface area contributed by atoms with Crippen LogP contribution in [-0.2, 0) is 4.79 Å². The summed E-state index contributed by atoms with van der Waals surface area (Å²) in [6, 6.07) is 12.8. The van der Waals surface area contributed by atoms with Crippen LogP contribution in [-0.4, -0.2) is 10.8 Å². The minimum atomic E-state index is -0.0315. The van der Waals surface area contributed by atoms with Crippen molar-refractivity contribution in [1.82, 2.24) is 4.90 Å². The molecule has 1 aromatic carbocycles. The third-order valence-corrected chi connectivity index (χ3v) is 2.73. The van der Waals surface area contributed by atoms with Gasteiger partial charge in [-0.2, -0.15) is 0 Å². The largest absolute Gasteiger partial charge is 0.274 e. The van der Waals surface area contributed by atoms with Gasteiger partial charge < -0.3 is 0 Å². The summed E-state index contributed by atoms with van der Waals surface area (Å²) in [5.74, 6) is 2.85. The number of allylic oxidation sites excluding steroid dienone is 1. The summed E-state index contributed by atoms with van der Waals surface area (Å²) < 4.78 is 0. The number of amides is 1. The molecular weight excluding hydrogens is 222 g/mol. The summed E-state index contributed by atoms with van der Waals surface area (Å²) in [6.07, 6.45) is 2.89. The molecule has 1 atom stereocenters. The molecule has 0 heterocycles. The van der Waals surface area contributed by atoms with Crippen molar-refractivity contribution >= 4 is 5.91 Å². The maximum atomic E-state index is 12.1. The molecule has 0 saturated heterocycles. The van der Waals surface area contributed by atoms with E-state index in [0.717, 1.165) is 5.56 Å². The van der Waals surface area contributed by atoms with E-state index in [0.29, 0.717) is 12.8 Å². The Bertz CT molecular complexity index is 453. The highest BCUT2D eigenvalue weighted by Gasteiger charge is 2.18. The van der Waals surface area contributed by atoms with E-state index in [1.54, 1.807) is 17.9 Å². The standard InChI is InChI=1S/C16H19NO/c1-4-6-12-16(18)17(13-5-2)14(3)15-10-8-7-9-11-15/h4,7-11,14H,1,6,12H2,2-3H3/t14-/m0/s1. The van der Waals surface area contributed by atoms with E-state index < -0.39 is 0 Å². The number of hydrogen-bond donors (Lipinski definition) is 0. The summed E-state index contributed by atoms with van der Waals surface area (Å²) in [7, 11) is 0. The first kappa shape index (κ1) is 14.1. The smallest absolute Gasteiger partial charge is 0.234 e. The van der Waals surface area contributed by atoms with E-state index in [2.05, 4.69) is 18.5 Å². The van der Waals surface area contributed by atoms with Crippen LogP contribution in [0.25, 0.3) is 0 Å². The summed E-state index contributed by atoms with van der Waals surface area (Å²) in [5.41, 5.74) is 1.09. The fraction of sp³-hybridized carbons (Fsp3) is 0.312. The lowest BCUT2D eigenvalue weighted by atomic mass is 10.1. The maximum absolute atomic E-state index is 12.1. The number of benzene rings is 1. The number of hydrogen-bond acceptors (Lipinski definition) is 1. The number of carbonyl (C=O) groups excluding carboxylic acids is 1. The Hall–Kier alpha value is -2.01. The first-order valence-electron chi connectivity index (χ1n) is 6.11. The van der Waals surface area contributed by atoms with Gasteiger partial charge in [0.15, 0.2) is 0 Å². The number of rotatable bonds is 5. The quantitative estimate of drug-likeness (QED) is 0.439. The van der Waals surface area contributed by atoms with Gasteiger partial charge in [-0.3, -0.25) is 9.69 Å². The molecule has 0 aliphatic heterocycles. The Morgan fingerprint density at radius 2 is 2.11 bits per heavy atom. The van der Waals surface area contributed by atoms with E-state index in [9.17, 15) is 4.79 Å². The average Bonchev–Trinajstić information content (AvgIpc) is 2.42. The highest BCUT2D eigenvalue weighted by molar-refractivity contribution is 5.78. The van der Waals surface area contributed by atoms with Gasteiger partial charge >= 0.3 is 0 Å². The Morgan fingerprint density at radius 3 is 2.67 bits per heavy atom. The second-order valence-corrected chi connectivity index (χ2v) is 4.04. The Morgan fingerprint density at radius 1 is 1.44 bits per heavy atom. The lowest BCUT2D eigenvalue weighted by Crippen LogP contribution is -2.29. The molecule has 0 spiro atoms. The van der Waals surface area contributed by atoms with Crippen LogP contribution in [0.4, 0.5) is 0 Å². The molecule has 1 rings (SSSR count). The molecule has 0 aliphatic carbocycles. The number of carbonyl (C=O) groups is 1. The van der Waals surface area contributed by atoms with Crippen LogP contribution >= 0.6 is 0 Å². The van der Waals surface area contributed by atoms with Gasteiger partial charge in [-0.1, -0.05) is 42.3 Å². The molecule has 18 heavy (non-hydrogen) atoms. The molecule has 0 N–H and O–H groups in total. The highest BCUT2D eigenvalue weighted by Crippen LogP contribution is 2.20. The summed E-state index contributed by atoms with van der Waals surface area (Å²) >= 11 is 0. The van der Waals surface area contributed by atoms with Crippen molar-refractivity contribution in [2.75, 3.05) is 0 Å². The van der Waals surface area contributed by atoms with Crippen molar-refractivity contribution in [3.63, 3.8) is 0 Å². The van der Waals surface area contributed by atoms with E-state index in [4.69, 9.17) is 0 Å². The van der Waals surface area contributed by atoms with Gasteiger partial charge in [0, 0.05) is 12.5 Å². The molecule has 2 heteroatoms. The van der Waals surface area contributed by atoms with Crippen molar-refractivity contribution in [2.24, 2.45) is 0 Å². The molecule has 0 fully saturated rings. The maximum Gasteiger partial charge on any atom is 0.234 e. The zero-order valence-corrected chi connectivity index (χ0v) is 11.0. The first-order chi connectivity index (χ1) is 8.70. The summed E-state index contributed by atoms with van der Waals surface area (Å²) in [6.45, 7) is 7.37. The van der Waals surface area contributed by atoms with Crippen molar-refractivity contribution in [1.29, 1.82) is 0 Å². The SMILES string of the molecule is C=CCCC(=O)N(C#CC)[C@@H](C)c1ccccc1. The van der Waals surface area contributed by atoms with Gasteiger partial charge in [-0.25, -0.2) is 0 Å². The topological polar surface area (TPSA) is 20.3 Å². The fourth-order valence-electron chi connectivity index (χ4n) is 1.72. The van der Waals surface area contributed by atoms with Crippen LogP contribution < -0.4 is 0 Å². The van der Waals surface area contributed by atoms with Gasteiger partial charge in [0.1, 0.15) is 0 Å². The predicted octanol–water partition coefficient (Wildman–Crippen LogP) is 3.52. The van der Waals surface area contributed by atoms with Crippen LogP contribution in [0.15, 0.2) is 43.0 Å². The zero-order chi connectivity index (χ0) is 13.4. The van der Waals surface area contributed by atoms with Crippen molar-refractivity contribution in [3.05, 3.63) is 48.6 Å². The number of nitrogens with zero attached hydrogens (tertiary/aromatic N) is 1. The van der Waals surface area contributed by atoms with E-state index in [1.165, 1.54) is 0 Å². The third-order valence-electron chi connectivity index (χ3n) is 2.73. The molecule has 0 aliphatic rings. The van der Waals surface area contributed by atoms with E-state index in [-0.39, 0.29) is 11.9 Å². The van der Waals surface area contributed by atoms with Crippen LogP contribution in [0, 0.1) is 12.0 Å². The summed E-state index contributed by atoms with van der Waals surface area (Å²) in [5, 5.41) is 0. The van der Waals surface area contributed by atoms with Crippen LogP contribution in [0.5, 0.6) is 0 Å². The molecule has 1 aromatic rings. The molecule has 94 valence electrons. The molecule has 2 nitrogen and oxygen atoms in total. The Kier molecular flexibility index (Phi) is 5.73. The lowest BCUT2D eigenvalue weighted by molar-refractivity contribution is -0.129. The first-order valence-corrected chi connectivity index (χ1v) is 6.11. The molecule has 0 radical (unpaired) electrons. The van der Waals surface area contributed by atoms with Gasteiger partial charge in [-0.15, -0.1) is 6.58 Å². The fourth-order valence-corrected chi connectivity index (χ4v) is 1.72. The zero-order valence-electron chi connectivity index (χ0n) is 11.0. The second kappa shape index (κ2) is 7.34. The molecular formula is C16H19NO. The Labute approximate surface area is 109 Å². The normalized spacial score (nSPS) is 11.0. The molecule has 0 unspecified atom stereocenters. The lowest BCUT2D eigenvalue weighted by Gasteiger charge is -2.23.